The van der Waals surface area contributed by atoms with E-state index < -0.39 is 9.84 Å². The smallest absolute Gasteiger partial charge is 0.222 e. The third-order valence-electron chi connectivity index (χ3n) is 3.30. The van der Waals surface area contributed by atoms with Crippen LogP contribution in [0.1, 0.15) is 29.1 Å². The molecule has 0 bridgehead atoms. The summed E-state index contributed by atoms with van der Waals surface area (Å²) in [6.45, 7) is 4.40. The zero-order valence-corrected chi connectivity index (χ0v) is 13.3. The summed E-state index contributed by atoms with van der Waals surface area (Å²) in [6.07, 6.45) is 0.202. The first-order chi connectivity index (χ1) is 9.35. The molecule has 0 aliphatic carbocycles. The number of rotatable bonds is 4. The minimum Gasteiger partial charge on any atom is -0.349 e. The molecule has 2 heterocycles. The number of aryl methyl sites for hydroxylation is 1. The van der Waals surface area contributed by atoms with Crippen LogP contribution in [0, 0.1) is 6.92 Å². The molecule has 1 aromatic heterocycles. The van der Waals surface area contributed by atoms with Crippen LogP contribution < -0.4 is 10.6 Å². The van der Waals surface area contributed by atoms with E-state index in [2.05, 4.69) is 10.6 Å². The highest BCUT2D eigenvalue weighted by Gasteiger charge is 2.26. The topological polar surface area (TPSA) is 75.3 Å². The van der Waals surface area contributed by atoms with Gasteiger partial charge in [0.25, 0.3) is 0 Å². The Labute approximate surface area is 123 Å². The number of amides is 1. The van der Waals surface area contributed by atoms with Crippen LogP contribution in [0.5, 0.6) is 0 Å². The van der Waals surface area contributed by atoms with Crippen molar-refractivity contribution in [1.82, 2.24) is 10.6 Å². The summed E-state index contributed by atoms with van der Waals surface area (Å²) >= 11 is 1.66. The zero-order valence-electron chi connectivity index (χ0n) is 11.7. The van der Waals surface area contributed by atoms with Gasteiger partial charge in [0, 0.05) is 28.8 Å². The van der Waals surface area contributed by atoms with Crippen molar-refractivity contribution in [3.8, 4) is 0 Å². The van der Waals surface area contributed by atoms with Gasteiger partial charge in [0.15, 0.2) is 9.84 Å². The average Bonchev–Trinajstić information content (AvgIpc) is 2.74. The van der Waals surface area contributed by atoms with Crippen molar-refractivity contribution < 1.29 is 13.2 Å². The van der Waals surface area contributed by atoms with Crippen molar-refractivity contribution in [3.05, 3.63) is 21.9 Å². The summed E-state index contributed by atoms with van der Waals surface area (Å²) in [5.74, 6) is 0.0984. The van der Waals surface area contributed by atoms with Crippen LogP contribution in [-0.2, 0) is 14.6 Å². The maximum absolute atomic E-state index is 12.0. The lowest BCUT2D eigenvalue weighted by Gasteiger charge is -2.23. The molecule has 1 aliphatic rings. The molecule has 5 nitrogen and oxygen atoms in total. The maximum Gasteiger partial charge on any atom is 0.222 e. The summed E-state index contributed by atoms with van der Waals surface area (Å²) in [6, 6.07) is 3.72. The summed E-state index contributed by atoms with van der Waals surface area (Å²) in [7, 11) is -3.00. The Balaban J connectivity index is 1.86. The van der Waals surface area contributed by atoms with Gasteiger partial charge in [-0.2, -0.15) is 0 Å². The number of hydrogen-bond donors (Lipinski definition) is 2. The molecule has 20 heavy (non-hydrogen) atoms. The van der Waals surface area contributed by atoms with E-state index in [0.717, 1.165) is 4.88 Å². The quantitative estimate of drug-likeness (QED) is 0.869. The van der Waals surface area contributed by atoms with E-state index in [1.807, 2.05) is 26.0 Å². The van der Waals surface area contributed by atoms with Gasteiger partial charge in [-0.3, -0.25) is 4.79 Å². The molecule has 2 atom stereocenters. The van der Waals surface area contributed by atoms with Gasteiger partial charge in [-0.05, 0) is 26.0 Å². The first kappa shape index (κ1) is 15.5. The second-order valence-corrected chi connectivity index (χ2v) is 8.76. The molecule has 1 saturated heterocycles. The fourth-order valence-electron chi connectivity index (χ4n) is 2.28. The molecular formula is C13H20N2O3S2. The standard InChI is InChI=1S/C13H20N2O3S2/c1-9-3-4-12(19-9)10(2)15-13(16)7-11-8-20(17,18)6-5-14-11/h3-4,10-11,14H,5-8H2,1-2H3,(H,15,16). The van der Waals surface area contributed by atoms with Gasteiger partial charge in [0.05, 0.1) is 17.5 Å². The number of carbonyl (C=O) groups is 1. The maximum atomic E-state index is 12.0. The summed E-state index contributed by atoms with van der Waals surface area (Å²) in [5, 5.41) is 6.01. The van der Waals surface area contributed by atoms with Gasteiger partial charge in [0.1, 0.15) is 0 Å². The molecule has 0 saturated carbocycles. The Morgan fingerprint density at radius 1 is 1.55 bits per heavy atom. The SMILES string of the molecule is Cc1ccc(C(C)NC(=O)CC2CS(=O)(=O)CCN2)s1. The van der Waals surface area contributed by atoms with Crippen LogP contribution in [0.15, 0.2) is 12.1 Å². The van der Waals surface area contributed by atoms with Crippen LogP contribution in [0.3, 0.4) is 0 Å². The fraction of sp³-hybridized carbons (Fsp3) is 0.615. The number of carbonyl (C=O) groups excluding carboxylic acids is 1. The van der Waals surface area contributed by atoms with Crippen molar-refractivity contribution in [2.75, 3.05) is 18.1 Å². The summed E-state index contributed by atoms with van der Waals surface area (Å²) in [4.78, 5) is 14.3. The number of sulfone groups is 1. The van der Waals surface area contributed by atoms with E-state index in [9.17, 15) is 13.2 Å². The third kappa shape index (κ3) is 4.29. The molecule has 1 amide bonds. The van der Waals surface area contributed by atoms with Crippen LogP contribution in [0.4, 0.5) is 0 Å². The van der Waals surface area contributed by atoms with Gasteiger partial charge in [0.2, 0.25) is 5.91 Å². The van der Waals surface area contributed by atoms with Crippen LogP contribution >= 0.6 is 11.3 Å². The number of nitrogens with one attached hydrogen (secondary N) is 2. The lowest BCUT2D eigenvalue weighted by molar-refractivity contribution is -0.122. The van der Waals surface area contributed by atoms with Gasteiger partial charge < -0.3 is 10.6 Å². The molecule has 1 aromatic rings. The number of thiophene rings is 1. The van der Waals surface area contributed by atoms with E-state index in [1.54, 1.807) is 11.3 Å². The molecule has 0 aromatic carbocycles. The van der Waals surface area contributed by atoms with Crippen molar-refractivity contribution in [2.24, 2.45) is 0 Å². The van der Waals surface area contributed by atoms with Crippen molar-refractivity contribution in [2.45, 2.75) is 32.4 Å². The molecule has 0 radical (unpaired) electrons. The van der Waals surface area contributed by atoms with Crippen molar-refractivity contribution in [1.29, 1.82) is 0 Å². The summed E-state index contributed by atoms with van der Waals surface area (Å²) < 4.78 is 23.0. The van der Waals surface area contributed by atoms with Gasteiger partial charge >= 0.3 is 0 Å². The largest absolute Gasteiger partial charge is 0.349 e. The first-order valence-electron chi connectivity index (χ1n) is 6.65. The van der Waals surface area contributed by atoms with E-state index >= 15 is 0 Å². The molecule has 1 aliphatic heterocycles. The van der Waals surface area contributed by atoms with Crippen LogP contribution in [0.2, 0.25) is 0 Å². The Morgan fingerprint density at radius 2 is 2.30 bits per heavy atom. The van der Waals surface area contributed by atoms with E-state index in [-0.39, 0.29) is 35.9 Å². The minimum atomic E-state index is -3.00. The first-order valence-corrected chi connectivity index (χ1v) is 9.29. The highest BCUT2D eigenvalue weighted by atomic mass is 32.2. The molecule has 0 spiro atoms. The molecule has 2 N–H and O–H groups in total. The third-order valence-corrected chi connectivity index (χ3v) is 6.22. The predicted octanol–water partition coefficient (Wildman–Crippen LogP) is 1.01. The highest BCUT2D eigenvalue weighted by Crippen LogP contribution is 2.22. The molecule has 112 valence electrons. The van der Waals surface area contributed by atoms with Gasteiger partial charge in [-0.1, -0.05) is 0 Å². The van der Waals surface area contributed by atoms with Crippen LogP contribution in [0.25, 0.3) is 0 Å². The molecule has 1 fully saturated rings. The lowest BCUT2D eigenvalue weighted by Crippen LogP contribution is -2.47. The molecule has 2 rings (SSSR count). The van der Waals surface area contributed by atoms with Crippen molar-refractivity contribution >= 4 is 27.1 Å². The summed E-state index contributed by atoms with van der Waals surface area (Å²) in [5.41, 5.74) is 0. The predicted molar refractivity (Wildman–Crippen MR) is 80.7 cm³/mol. The Kier molecular flexibility index (Phi) is 4.82. The normalized spacial score (nSPS) is 23.2. The van der Waals surface area contributed by atoms with E-state index in [0.29, 0.717) is 6.54 Å². The minimum absolute atomic E-state index is 0.0404. The molecule has 2 unspecified atom stereocenters. The molecular weight excluding hydrogens is 296 g/mol. The fourth-order valence-corrected chi connectivity index (χ4v) is 4.60. The monoisotopic (exact) mass is 316 g/mol. The molecule has 7 heteroatoms. The Bertz CT molecular complexity index is 580. The highest BCUT2D eigenvalue weighted by molar-refractivity contribution is 7.91. The van der Waals surface area contributed by atoms with Gasteiger partial charge in [-0.15, -0.1) is 11.3 Å². The average molecular weight is 316 g/mol. The lowest BCUT2D eigenvalue weighted by atomic mass is 10.2. The van der Waals surface area contributed by atoms with Crippen molar-refractivity contribution in [3.63, 3.8) is 0 Å². The number of hydrogen-bond acceptors (Lipinski definition) is 5. The second-order valence-electron chi connectivity index (χ2n) is 5.21. The second kappa shape index (κ2) is 6.24. The van der Waals surface area contributed by atoms with Crippen LogP contribution in [-0.4, -0.2) is 38.4 Å². The Morgan fingerprint density at radius 3 is 2.90 bits per heavy atom. The zero-order chi connectivity index (χ0) is 14.8. The Hall–Kier alpha value is -0.920. The van der Waals surface area contributed by atoms with Gasteiger partial charge in [-0.25, -0.2) is 8.42 Å². The van der Waals surface area contributed by atoms with E-state index in [1.165, 1.54) is 4.88 Å². The van der Waals surface area contributed by atoms with E-state index in [4.69, 9.17) is 0 Å².